The number of carbonyl (C=O) groups is 1. The molecule has 3 rings (SSSR count). The minimum Gasteiger partial charge on any atom is -0.336 e. The van der Waals surface area contributed by atoms with E-state index in [4.69, 9.17) is 5.73 Å². The van der Waals surface area contributed by atoms with Crippen molar-refractivity contribution in [2.75, 3.05) is 13.1 Å². The first-order valence-electron chi connectivity index (χ1n) is 5.88. The van der Waals surface area contributed by atoms with Crippen LogP contribution in [0.25, 0.3) is 10.6 Å². The van der Waals surface area contributed by atoms with E-state index in [1.165, 1.54) is 0 Å². The van der Waals surface area contributed by atoms with Gasteiger partial charge in [-0.1, -0.05) is 6.07 Å². The Morgan fingerprint density at radius 3 is 3.17 bits per heavy atom. The lowest BCUT2D eigenvalue weighted by atomic mass is 10.3. The Morgan fingerprint density at radius 2 is 2.50 bits per heavy atom. The summed E-state index contributed by atoms with van der Waals surface area (Å²) in [6.07, 6.45) is 0.869. The molecule has 0 radical (unpaired) electrons. The van der Waals surface area contributed by atoms with Crippen molar-refractivity contribution in [2.24, 2.45) is 5.73 Å². The summed E-state index contributed by atoms with van der Waals surface area (Å²) in [5, 5.41) is 8.99. The number of H-pyrrole nitrogens is 1. The van der Waals surface area contributed by atoms with Gasteiger partial charge in [-0.3, -0.25) is 9.89 Å². The zero-order valence-corrected chi connectivity index (χ0v) is 10.6. The Balaban J connectivity index is 1.79. The third-order valence-electron chi connectivity index (χ3n) is 3.10. The van der Waals surface area contributed by atoms with Gasteiger partial charge in [0.25, 0.3) is 5.91 Å². The first-order chi connectivity index (χ1) is 8.74. The van der Waals surface area contributed by atoms with Crippen molar-refractivity contribution in [3.63, 3.8) is 0 Å². The van der Waals surface area contributed by atoms with Crippen molar-refractivity contribution in [2.45, 2.75) is 12.5 Å². The molecule has 3 heterocycles. The molecule has 18 heavy (non-hydrogen) atoms. The molecule has 0 unspecified atom stereocenters. The zero-order valence-electron chi connectivity index (χ0n) is 9.80. The molecule has 5 nitrogen and oxygen atoms in total. The molecule has 6 heteroatoms. The molecule has 1 aliphatic heterocycles. The zero-order chi connectivity index (χ0) is 12.5. The molecular formula is C12H14N4OS. The maximum Gasteiger partial charge on any atom is 0.274 e. The van der Waals surface area contributed by atoms with E-state index in [-0.39, 0.29) is 11.9 Å². The van der Waals surface area contributed by atoms with Crippen LogP contribution in [0.2, 0.25) is 0 Å². The van der Waals surface area contributed by atoms with Gasteiger partial charge in [0.15, 0.2) is 5.69 Å². The fourth-order valence-electron chi connectivity index (χ4n) is 2.12. The summed E-state index contributed by atoms with van der Waals surface area (Å²) in [4.78, 5) is 15.0. The van der Waals surface area contributed by atoms with Gasteiger partial charge < -0.3 is 10.6 Å². The minimum absolute atomic E-state index is 0.0398. The van der Waals surface area contributed by atoms with Crippen LogP contribution in [0, 0.1) is 0 Å². The molecule has 0 spiro atoms. The number of nitrogens with one attached hydrogen (secondary N) is 1. The third kappa shape index (κ3) is 2.04. The van der Waals surface area contributed by atoms with E-state index in [0.29, 0.717) is 12.2 Å². The van der Waals surface area contributed by atoms with Crippen molar-refractivity contribution in [1.82, 2.24) is 15.1 Å². The molecule has 2 aromatic rings. The molecule has 1 atom stereocenters. The smallest absolute Gasteiger partial charge is 0.274 e. The van der Waals surface area contributed by atoms with Crippen LogP contribution in [0.4, 0.5) is 0 Å². The number of rotatable bonds is 2. The molecule has 0 saturated carbocycles. The van der Waals surface area contributed by atoms with Crippen LogP contribution >= 0.6 is 11.3 Å². The number of nitrogens with zero attached hydrogens (tertiary/aromatic N) is 2. The highest BCUT2D eigenvalue weighted by Gasteiger charge is 2.26. The second-order valence-corrected chi connectivity index (χ2v) is 5.39. The fourth-order valence-corrected chi connectivity index (χ4v) is 2.82. The number of nitrogens with two attached hydrogens (primary N) is 1. The van der Waals surface area contributed by atoms with Crippen LogP contribution in [-0.4, -0.2) is 40.1 Å². The second kappa shape index (κ2) is 4.55. The molecule has 1 saturated heterocycles. The first-order valence-corrected chi connectivity index (χ1v) is 6.76. The Kier molecular flexibility index (Phi) is 2.89. The molecule has 1 amide bonds. The van der Waals surface area contributed by atoms with Crippen LogP contribution in [0.15, 0.2) is 23.6 Å². The maximum atomic E-state index is 12.2. The molecule has 1 fully saturated rings. The highest BCUT2D eigenvalue weighted by molar-refractivity contribution is 7.13. The molecule has 0 aromatic carbocycles. The van der Waals surface area contributed by atoms with Crippen LogP contribution < -0.4 is 5.73 Å². The normalized spacial score (nSPS) is 19.4. The van der Waals surface area contributed by atoms with Gasteiger partial charge in [0.2, 0.25) is 0 Å². The number of hydrogen-bond donors (Lipinski definition) is 2. The summed E-state index contributed by atoms with van der Waals surface area (Å²) < 4.78 is 0. The Bertz CT molecular complexity index is 548. The van der Waals surface area contributed by atoms with Crippen molar-refractivity contribution in [3.8, 4) is 10.6 Å². The van der Waals surface area contributed by atoms with Crippen LogP contribution in [0.1, 0.15) is 16.9 Å². The lowest BCUT2D eigenvalue weighted by Gasteiger charge is -2.13. The summed E-state index contributed by atoms with van der Waals surface area (Å²) in [7, 11) is 0. The topological polar surface area (TPSA) is 75.0 Å². The number of likely N-dealkylation sites (tertiary alicyclic amines) is 1. The average Bonchev–Trinajstić information content (AvgIpc) is 3.09. The highest BCUT2D eigenvalue weighted by Crippen LogP contribution is 2.23. The molecule has 94 valence electrons. The number of thiophene rings is 1. The monoisotopic (exact) mass is 262 g/mol. The summed E-state index contributed by atoms with van der Waals surface area (Å²) in [5.41, 5.74) is 7.15. The van der Waals surface area contributed by atoms with Gasteiger partial charge in [-0.25, -0.2) is 0 Å². The highest BCUT2D eigenvalue weighted by atomic mass is 32.1. The van der Waals surface area contributed by atoms with Crippen molar-refractivity contribution >= 4 is 17.2 Å². The van der Waals surface area contributed by atoms with Crippen molar-refractivity contribution in [3.05, 3.63) is 29.3 Å². The molecule has 2 aromatic heterocycles. The number of aromatic nitrogens is 2. The SMILES string of the molecule is N[C@@H]1CCN(C(=O)c2cc(-c3cccs3)[nH]n2)C1. The number of hydrogen-bond acceptors (Lipinski definition) is 4. The summed E-state index contributed by atoms with van der Waals surface area (Å²) in [5.74, 6) is -0.0398. The second-order valence-electron chi connectivity index (χ2n) is 4.44. The molecule has 3 N–H and O–H groups in total. The van der Waals surface area contributed by atoms with Crippen LogP contribution in [0.3, 0.4) is 0 Å². The predicted molar refractivity (Wildman–Crippen MR) is 70.4 cm³/mol. The maximum absolute atomic E-state index is 12.2. The predicted octanol–water partition coefficient (Wildman–Crippen LogP) is 1.31. The number of amides is 1. The quantitative estimate of drug-likeness (QED) is 0.857. The Morgan fingerprint density at radius 1 is 1.61 bits per heavy atom. The summed E-state index contributed by atoms with van der Waals surface area (Å²) in [6.45, 7) is 1.35. The largest absolute Gasteiger partial charge is 0.336 e. The number of carbonyl (C=O) groups excluding carboxylic acids is 1. The van der Waals surface area contributed by atoms with Gasteiger partial charge in [-0.15, -0.1) is 11.3 Å². The third-order valence-corrected chi connectivity index (χ3v) is 4.00. The average molecular weight is 262 g/mol. The lowest BCUT2D eigenvalue weighted by Crippen LogP contribution is -2.32. The van der Waals surface area contributed by atoms with E-state index >= 15 is 0 Å². The summed E-state index contributed by atoms with van der Waals surface area (Å²) in [6, 6.07) is 5.88. The van der Waals surface area contributed by atoms with Crippen LogP contribution in [0.5, 0.6) is 0 Å². The fraction of sp³-hybridized carbons (Fsp3) is 0.333. The minimum atomic E-state index is -0.0398. The van der Waals surface area contributed by atoms with Gasteiger partial charge in [0, 0.05) is 19.1 Å². The van der Waals surface area contributed by atoms with E-state index < -0.39 is 0 Å². The van der Waals surface area contributed by atoms with Gasteiger partial charge in [0.1, 0.15) is 0 Å². The molecule has 0 aliphatic carbocycles. The van der Waals surface area contributed by atoms with Gasteiger partial charge >= 0.3 is 0 Å². The summed E-state index contributed by atoms with van der Waals surface area (Å²) >= 11 is 1.62. The molecule has 1 aliphatic rings. The first kappa shape index (κ1) is 11.4. The van der Waals surface area contributed by atoms with Gasteiger partial charge in [0.05, 0.1) is 10.6 Å². The van der Waals surface area contributed by atoms with Gasteiger partial charge in [-0.2, -0.15) is 5.10 Å². The van der Waals surface area contributed by atoms with Crippen molar-refractivity contribution in [1.29, 1.82) is 0 Å². The van der Waals surface area contributed by atoms with Crippen LogP contribution in [-0.2, 0) is 0 Å². The number of aromatic amines is 1. The van der Waals surface area contributed by atoms with E-state index in [1.54, 1.807) is 22.3 Å². The molecular weight excluding hydrogens is 248 g/mol. The molecule has 0 bridgehead atoms. The van der Waals surface area contributed by atoms with E-state index in [0.717, 1.165) is 23.5 Å². The Hall–Kier alpha value is -1.66. The standard InChI is InChI=1S/C12H14N4OS/c13-8-3-4-16(7-8)12(17)10-6-9(14-15-10)11-2-1-5-18-11/h1-2,5-6,8H,3-4,7,13H2,(H,14,15)/t8-/m1/s1. The van der Waals surface area contributed by atoms with E-state index in [2.05, 4.69) is 10.2 Å². The van der Waals surface area contributed by atoms with E-state index in [9.17, 15) is 4.79 Å². The lowest BCUT2D eigenvalue weighted by molar-refractivity contribution is 0.0785. The van der Waals surface area contributed by atoms with Gasteiger partial charge in [-0.05, 0) is 23.9 Å². The van der Waals surface area contributed by atoms with E-state index in [1.807, 2.05) is 17.5 Å². The Labute approximate surface area is 109 Å². The van der Waals surface area contributed by atoms with Crippen molar-refractivity contribution < 1.29 is 4.79 Å².